The van der Waals surface area contributed by atoms with Crippen LogP contribution in [0.4, 0.5) is 14.5 Å². The van der Waals surface area contributed by atoms with Crippen LogP contribution in [0.3, 0.4) is 0 Å². The number of alkyl halides is 2. The van der Waals surface area contributed by atoms with Gasteiger partial charge in [-0.3, -0.25) is 9.59 Å². The van der Waals surface area contributed by atoms with Crippen LogP contribution in [0.25, 0.3) is 0 Å². The lowest BCUT2D eigenvalue weighted by atomic mass is 10.0. The van der Waals surface area contributed by atoms with Gasteiger partial charge in [0.1, 0.15) is 12.3 Å². The predicted octanol–water partition coefficient (Wildman–Crippen LogP) is 3.99. The molecule has 1 atom stereocenters. The van der Waals surface area contributed by atoms with E-state index in [4.69, 9.17) is 0 Å². The Morgan fingerprint density at radius 3 is 2.68 bits per heavy atom. The zero-order chi connectivity index (χ0) is 20.1. The van der Waals surface area contributed by atoms with Gasteiger partial charge in [0.25, 0.3) is 0 Å². The number of carbonyl (C=O) groups excluding carboxylic acids is 2. The topological polar surface area (TPSA) is 58.6 Å². The molecule has 0 saturated carbocycles. The Morgan fingerprint density at radius 1 is 1.21 bits per heavy atom. The molecule has 2 amide bonds. The van der Waals surface area contributed by atoms with E-state index in [9.17, 15) is 18.4 Å². The third kappa shape index (κ3) is 4.62. The summed E-state index contributed by atoms with van der Waals surface area (Å²) in [6, 6.07) is 13.3. The van der Waals surface area contributed by atoms with Crippen molar-refractivity contribution in [3.8, 4) is 5.75 Å². The fraction of sp³-hybridized carbons (Fsp3) is 0.300. The molecule has 1 aliphatic rings. The molecule has 3 rings (SSSR count). The number of para-hydroxylation sites is 2. The molecule has 1 aliphatic heterocycles. The average Bonchev–Trinajstić information content (AvgIpc) is 2.68. The molecule has 0 saturated heterocycles. The SMILES string of the molecule is CCC(NC(=O)CN1C(=O)CSc2ccccc21)c1ccccc1OC(F)F. The van der Waals surface area contributed by atoms with E-state index in [0.717, 1.165) is 4.90 Å². The van der Waals surface area contributed by atoms with E-state index < -0.39 is 12.7 Å². The number of hydrogen-bond donors (Lipinski definition) is 1. The highest BCUT2D eigenvalue weighted by Gasteiger charge is 2.27. The Balaban J connectivity index is 1.75. The van der Waals surface area contributed by atoms with Crippen LogP contribution in [-0.2, 0) is 9.59 Å². The lowest BCUT2D eigenvalue weighted by Gasteiger charge is -2.29. The van der Waals surface area contributed by atoms with Gasteiger partial charge in [-0.25, -0.2) is 0 Å². The number of halogens is 2. The summed E-state index contributed by atoms with van der Waals surface area (Å²) in [6.07, 6.45) is 0.482. The van der Waals surface area contributed by atoms with E-state index in [2.05, 4.69) is 10.1 Å². The van der Waals surface area contributed by atoms with Crippen molar-refractivity contribution in [2.75, 3.05) is 17.2 Å². The van der Waals surface area contributed by atoms with Crippen molar-refractivity contribution in [1.82, 2.24) is 5.32 Å². The van der Waals surface area contributed by atoms with Gasteiger partial charge in [0.2, 0.25) is 11.8 Å². The minimum Gasteiger partial charge on any atom is -0.434 e. The molecule has 1 heterocycles. The largest absolute Gasteiger partial charge is 0.434 e. The first-order valence-electron chi connectivity index (χ1n) is 8.85. The normalized spacial score (nSPS) is 14.6. The third-order valence-electron chi connectivity index (χ3n) is 4.36. The number of nitrogens with zero attached hydrogens (tertiary/aromatic N) is 1. The number of thioether (sulfide) groups is 1. The Kier molecular flexibility index (Phi) is 6.51. The number of carbonyl (C=O) groups is 2. The summed E-state index contributed by atoms with van der Waals surface area (Å²) >= 11 is 1.44. The molecule has 0 radical (unpaired) electrons. The van der Waals surface area contributed by atoms with Gasteiger partial charge >= 0.3 is 6.61 Å². The first-order valence-corrected chi connectivity index (χ1v) is 9.83. The molecule has 2 aromatic carbocycles. The lowest BCUT2D eigenvalue weighted by Crippen LogP contribution is -2.44. The van der Waals surface area contributed by atoms with Gasteiger partial charge in [0.05, 0.1) is 17.5 Å². The number of rotatable bonds is 7. The number of ether oxygens (including phenoxy) is 1. The highest BCUT2D eigenvalue weighted by molar-refractivity contribution is 8.00. The van der Waals surface area contributed by atoms with Gasteiger partial charge in [-0.05, 0) is 24.6 Å². The Bertz CT molecular complexity index is 863. The molecule has 0 aliphatic carbocycles. The summed E-state index contributed by atoms with van der Waals surface area (Å²) in [5.74, 6) is -0.213. The van der Waals surface area contributed by atoms with Crippen molar-refractivity contribution < 1.29 is 23.1 Å². The minimum atomic E-state index is -2.95. The van der Waals surface area contributed by atoms with Gasteiger partial charge in [0, 0.05) is 10.5 Å². The van der Waals surface area contributed by atoms with Gasteiger partial charge in [0.15, 0.2) is 0 Å². The lowest BCUT2D eigenvalue weighted by molar-refractivity contribution is -0.123. The standard InChI is InChI=1S/C20H20F2N2O3S/c1-2-14(13-7-3-5-9-16(13)27-20(21)22)23-18(25)11-24-15-8-4-6-10-17(15)28-12-19(24)26/h3-10,14,20H,2,11-12H2,1H3,(H,23,25). The highest BCUT2D eigenvalue weighted by atomic mass is 32.2. The fourth-order valence-electron chi connectivity index (χ4n) is 3.08. The molecule has 0 spiro atoms. The highest BCUT2D eigenvalue weighted by Crippen LogP contribution is 2.35. The fourth-order valence-corrected chi connectivity index (χ4v) is 4.02. The first-order chi connectivity index (χ1) is 13.5. The van der Waals surface area contributed by atoms with Crippen molar-refractivity contribution in [2.24, 2.45) is 0 Å². The molecule has 1 unspecified atom stereocenters. The zero-order valence-corrected chi connectivity index (χ0v) is 16.0. The maximum absolute atomic E-state index is 12.7. The van der Waals surface area contributed by atoms with Gasteiger partial charge in [-0.15, -0.1) is 11.8 Å². The van der Waals surface area contributed by atoms with Crippen LogP contribution in [0.5, 0.6) is 5.75 Å². The number of hydrogen-bond acceptors (Lipinski definition) is 4. The minimum absolute atomic E-state index is 0.0282. The van der Waals surface area contributed by atoms with E-state index in [1.165, 1.54) is 22.7 Å². The number of fused-ring (bicyclic) bond motifs is 1. The van der Waals surface area contributed by atoms with E-state index in [1.54, 1.807) is 24.3 Å². The summed E-state index contributed by atoms with van der Waals surface area (Å²) < 4.78 is 29.9. The quantitative estimate of drug-likeness (QED) is 0.755. The van der Waals surface area contributed by atoms with Crippen molar-refractivity contribution in [1.29, 1.82) is 0 Å². The summed E-state index contributed by atoms with van der Waals surface area (Å²) in [5.41, 5.74) is 1.17. The average molecular weight is 406 g/mol. The van der Waals surface area contributed by atoms with E-state index >= 15 is 0 Å². The monoisotopic (exact) mass is 406 g/mol. The summed E-state index contributed by atoms with van der Waals surface area (Å²) in [4.78, 5) is 27.4. The van der Waals surface area contributed by atoms with Crippen LogP contribution in [0.1, 0.15) is 24.9 Å². The molecule has 2 aromatic rings. The van der Waals surface area contributed by atoms with Crippen LogP contribution in [0.15, 0.2) is 53.4 Å². The summed E-state index contributed by atoms with van der Waals surface area (Å²) in [5, 5.41) is 2.83. The second-order valence-corrected chi connectivity index (χ2v) is 7.20. The van der Waals surface area contributed by atoms with Crippen molar-refractivity contribution >= 4 is 29.3 Å². The number of anilines is 1. The number of amides is 2. The molecule has 0 aromatic heterocycles. The molecular weight excluding hydrogens is 386 g/mol. The first kappa shape index (κ1) is 20.1. The molecule has 5 nitrogen and oxygen atoms in total. The molecule has 28 heavy (non-hydrogen) atoms. The summed E-state index contributed by atoms with van der Waals surface area (Å²) in [6.45, 7) is -1.25. The Morgan fingerprint density at radius 2 is 1.93 bits per heavy atom. The number of benzene rings is 2. The van der Waals surface area contributed by atoms with Gasteiger partial charge in [-0.1, -0.05) is 37.3 Å². The Hall–Kier alpha value is -2.61. The molecular formula is C20H20F2N2O3S. The van der Waals surface area contributed by atoms with Crippen LogP contribution in [0, 0.1) is 0 Å². The summed E-state index contributed by atoms with van der Waals surface area (Å²) in [7, 11) is 0. The van der Waals surface area contributed by atoms with Crippen LogP contribution >= 0.6 is 11.8 Å². The molecule has 148 valence electrons. The molecule has 1 N–H and O–H groups in total. The van der Waals surface area contributed by atoms with Gasteiger partial charge in [-0.2, -0.15) is 8.78 Å². The smallest absolute Gasteiger partial charge is 0.387 e. The van der Waals surface area contributed by atoms with E-state index in [0.29, 0.717) is 17.7 Å². The molecule has 0 bridgehead atoms. The third-order valence-corrected chi connectivity index (χ3v) is 5.41. The second kappa shape index (κ2) is 9.05. The van der Waals surface area contributed by atoms with Crippen molar-refractivity contribution in [2.45, 2.75) is 30.9 Å². The van der Waals surface area contributed by atoms with Crippen LogP contribution in [0.2, 0.25) is 0 Å². The van der Waals surface area contributed by atoms with E-state index in [-0.39, 0.29) is 29.9 Å². The zero-order valence-electron chi connectivity index (χ0n) is 15.2. The predicted molar refractivity (Wildman–Crippen MR) is 104 cm³/mol. The maximum Gasteiger partial charge on any atom is 0.387 e. The van der Waals surface area contributed by atoms with Gasteiger partial charge < -0.3 is 15.0 Å². The second-order valence-electron chi connectivity index (χ2n) is 6.18. The van der Waals surface area contributed by atoms with Crippen LogP contribution < -0.4 is 15.0 Å². The van der Waals surface area contributed by atoms with E-state index in [1.807, 2.05) is 25.1 Å². The molecule has 0 fully saturated rings. The number of nitrogens with one attached hydrogen (secondary N) is 1. The Labute approximate surface area is 166 Å². The van der Waals surface area contributed by atoms with Crippen molar-refractivity contribution in [3.05, 3.63) is 54.1 Å². The maximum atomic E-state index is 12.7. The van der Waals surface area contributed by atoms with Crippen LogP contribution in [-0.4, -0.2) is 30.7 Å². The van der Waals surface area contributed by atoms with Crippen molar-refractivity contribution in [3.63, 3.8) is 0 Å². The molecule has 8 heteroatoms.